The van der Waals surface area contributed by atoms with E-state index in [9.17, 15) is 4.79 Å². The molecule has 4 heteroatoms. The van der Waals surface area contributed by atoms with E-state index in [4.69, 9.17) is 4.74 Å². The Morgan fingerprint density at radius 1 is 1.40 bits per heavy atom. The van der Waals surface area contributed by atoms with E-state index in [0.29, 0.717) is 0 Å². The number of nitrogens with one attached hydrogen (secondary N) is 1. The molecular formula is C11H12INO2. The third-order valence-corrected chi connectivity index (χ3v) is 3.27. The Morgan fingerprint density at radius 2 is 2.00 bits per heavy atom. The predicted octanol–water partition coefficient (Wildman–Crippen LogP) is 2.41. The van der Waals surface area contributed by atoms with Crippen LogP contribution in [0, 0.1) is 3.57 Å². The van der Waals surface area contributed by atoms with Gasteiger partial charge in [0.15, 0.2) is 0 Å². The first-order chi connectivity index (χ1) is 7.16. The summed E-state index contributed by atoms with van der Waals surface area (Å²) in [4.78, 5) is 11.5. The lowest BCUT2D eigenvalue weighted by molar-refractivity contribution is -0.142. The van der Waals surface area contributed by atoms with Crippen molar-refractivity contribution in [3.8, 4) is 0 Å². The molecule has 0 heterocycles. The highest BCUT2D eigenvalue weighted by molar-refractivity contribution is 14.1. The van der Waals surface area contributed by atoms with Gasteiger partial charge in [-0.1, -0.05) is 0 Å². The largest absolute Gasteiger partial charge is 0.467 e. The van der Waals surface area contributed by atoms with Crippen molar-refractivity contribution < 1.29 is 9.53 Å². The van der Waals surface area contributed by atoms with Crippen molar-refractivity contribution in [1.82, 2.24) is 0 Å². The van der Waals surface area contributed by atoms with Crippen molar-refractivity contribution in [3.05, 3.63) is 27.8 Å². The minimum atomic E-state index is -0.457. The Balaban J connectivity index is 2.09. The average Bonchev–Trinajstić information content (AvgIpc) is 3.01. The normalized spacial score (nSPS) is 16.9. The zero-order valence-corrected chi connectivity index (χ0v) is 10.6. The van der Waals surface area contributed by atoms with Gasteiger partial charge in [-0.25, -0.2) is 4.79 Å². The van der Waals surface area contributed by atoms with Crippen LogP contribution < -0.4 is 5.32 Å². The van der Waals surface area contributed by atoms with E-state index in [0.717, 1.165) is 18.5 Å². The monoisotopic (exact) mass is 317 g/mol. The van der Waals surface area contributed by atoms with E-state index >= 15 is 0 Å². The second-order valence-electron chi connectivity index (χ2n) is 3.71. The number of benzene rings is 1. The number of methoxy groups -OCH3 is 1. The molecule has 3 nitrogen and oxygen atoms in total. The highest BCUT2D eigenvalue weighted by atomic mass is 127. The molecule has 0 aromatic heterocycles. The number of anilines is 1. The maximum absolute atomic E-state index is 11.5. The molecule has 0 aliphatic heterocycles. The number of hydrogen-bond acceptors (Lipinski definition) is 3. The molecule has 1 N–H and O–H groups in total. The fourth-order valence-electron chi connectivity index (χ4n) is 1.51. The van der Waals surface area contributed by atoms with Gasteiger partial charge >= 0.3 is 5.97 Å². The summed E-state index contributed by atoms with van der Waals surface area (Å²) in [5, 5.41) is 3.23. The first kappa shape index (κ1) is 10.7. The van der Waals surface area contributed by atoms with Gasteiger partial charge in [-0.2, -0.15) is 0 Å². The summed E-state index contributed by atoms with van der Waals surface area (Å²) in [5.74, 6) is -0.166. The quantitative estimate of drug-likeness (QED) is 0.687. The second-order valence-corrected chi connectivity index (χ2v) is 4.95. The maximum Gasteiger partial charge on any atom is 0.331 e. The Kier molecular flexibility index (Phi) is 2.86. The van der Waals surface area contributed by atoms with Gasteiger partial charge in [0.25, 0.3) is 0 Å². The van der Waals surface area contributed by atoms with Crippen LogP contribution in [0.4, 0.5) is 5.69 Å². The third kappa shape index (κ3) is 2.25. The van der Waals surface area contributed by atoms with Crippen molar-refractivity contribution in [2.75, 3.05) is 12.4 Å². The van der Waals surface area contributed by atoms with Gasteiger partial charge in [0.1, 0.15) is 5.54 Å². The molecule has 1 aliphatic carbocycles. The van der Waals surface area contributed by atoms with Crippen molar-refractivity contribution >= 4 is 34.2 Å². The Morgan fingerprint density at radius 3 is 2.47 bits per heavy atom. The average molecular weight is 317 g/mol. The summed E-state index contributed by atoms with van der Waals surface area (Å²) in [5.41, 5.74) is 0.514. The van der Waals surface area contributed by atoms with Crippen LogP contribution in [0.3, 0.4) is 0 Å². The van der Waals surface area contributed by atoms with Gasteiger partial charge in [0.2, 0.25) is 0 Å². The first-order valence-corrected chi connectivity index (χ1v) is 5.86. The summed E-state index contributed by atoms with van der Waals surface area (Å²) in [6.07, 6.45) is 1.71. The maximum atomic E-state index is 11.5. The number of halogens is 1. The summed E-state index contributed by atoms with van der Waals surface area (Å²) >= 11 is 2.25. The second kappa shape index (κ2) is 4.00. The topological polar surface area (TPSA) is 38.3 Å². The van der Waals surface area contributed by atoms with E-state index < -0.39 is 5.54 Å². The lowest BCUT2D eigenvalue weighted by Gasteiger charge is -2.15. The van der Waals surface area contributed by atoms with Crippen molar-refractivity contribution in [2.24, 2.45) is 0 Å². The zero-order chi connectivity index (χ0) is 10.9. The summed E-state index contributed by atoms with van der Waals surface area (Å²) in [7, 11) is 1.43. The van der Waals surface area contributed by atoms with E-state index in [2.05, 4.69) is 27.9 Å². The standard InChI is InChI=1S/C11H12INO2/c1-15-10(14)11(6-7-11)13-9-4-2-8(12)3-5-9/h2-5,13H,6-7H2,1H3. The molecule has 0 bridgehead atoms. The third-order valence-electron chi connectivity index (χ3n) is 2.55. The fraction of sp³-hybridized carbons (Fsp3) is 0.364. The smallest absolute Gasteiger partial charge is 0.331 e. The molecule has 2 rings (SSSR count). The van der Waals surface area contributed by atoms with Crippen LogP contribution in [0.2, 0.25) is 0 Å². The van der Waals surface area contributed by atoms with Crippen LogP contribution in [0.15, 0.2) is 24.3 Å². The van der Waals surface area contributed by atoms with Crippen molar-refractivity contribution in [2.45, 2.75) is 18.4 Å². The van der Waals surface area contributed by atoms with Gasteiger partial charge in [0, 0.05) is 9.26 Å². The highest BCUT2D eigenvalue weighted by Gasteiger charge is 2.51. The molecule has 0 spiro atoms. The van der Waals surface area contributed by atoms with Gasteiger partial charge < -0.3 is 10.1 Å². The molecule has 0 atom stereocenters. The summed E-state index contributed by atoms with van der Waals surface area (Å²) < 4.78 is 5.95. The number of rotatable bonds is 3. The minimum Gasteiger partial charge on any atom is -0.467 e. The lowest BCUT2D eigenvalue weighted by atomic mass is 10.2. The number of ether oxygens (including phenoxy) is 1. The molecule has 1 fully saturated rings. The van der Waals surface area contributed by atoms with E-state index in [1.807, 2.05) is 24.3 Å². The van der Waals surface area contributed by atoms with Gasteiger partial charge in [-0.3, -0.25) is 0 Å². The minimum absolute atomic E-state index is 0.166. The molecule has 1 aromatic carbocycles. The number of esters is 1. The summed E-state index contributed by atoms with van der Waals surface area (Å²) in [6.45, 7) is 0. The zero-order valence-electron chi connectivity index (χ0n) is 8.42. The molecule has 0 amide bonds. The van der Waals surface area contributed by atoms with Crippen LogP contribution in [0.25, 0.3) is 0 Å². The molecule has 0 radical (unpaired) electrons. The van der Waals surface area contributed by atoms with Crippen molar-refractivity contribution in [1.29, 1.82) is 0 Å². The molecule has 0 saturated heterocycles. The molecule has 1 saturated carbocycles. The Hall–Kier alpha value is -0.780. The SMILES string of the molecule is COC(=O)C1(Nc2ccc(I)cc2)CC1. The van der Waals surface area contributed by atoms with Crippen LogP contribution in [0.1, 0.15) is 12.8 Å². The first-order valence-electron chi connectivity index (χ1n) is 4.78. The van der Waals surface area contributed by atoms with Crippen LogP contribution in [0.5, 0.6) is 0 Å². The van der Waals surface area contributed by atoms with Crippen LogP contribution >= 0.6 is 22.6 Å². The van der Waals surface area contributed by atoms with Crippen molar-refractivity contribution in [3.63, 3.8) is 0 Å². The Labute approximate surface area is 102 Å². The number of hydrogen-bond donors (Lipinski definition) is 1. The molecule has 15 heavy (non-hydrogen) atoms. The molecule has 0 unspecified atom stereocenters. The van der Waals surface area contributed by atoms with E-state index in [1.54, 1.807) is 0 Å². The predicted molar refractivity (Wildman–Crippen MR) is 66.8 cm³/mol. The summed E-state index contributed by atoms with van der Waals surface area (Å²) in [6, 6.07) is 7.97. The molecular weight excluding hydrogens is 305 g/mol. The van der Waals surface area contributed by atoms with Gasteiger partial charge in [-0.05, 0) is 59.7 Å². The van der Waals surface area contributed by atoms with E-state index in [-0.39, 0.29) is 5.97 Å². The molecule has 1 aromatic rings. The van der Waals surface area contributed by atoms with Crippen LogP contribution in [-0.2, 0) is 9.53 Å². The van der Waals surface area contributed by atoms with Crippen LogP contribution in [-0.4, -0.2) is 18.6 Å². The fourth-order valence-corrected chi connectivity index (χ4v) is 1.87. The van der Waals surface area contributed by atoms with Gasteiger partial charge in [0.05, 0.1) is 7.11 Å². The Bertz CT molecular complexity index is 371. The number of carbonyl (C=O) groups excluding carboxylic acids is 1. The van der Waals surface area contributed by atoms with Gasteiger partial charge in [-0.15, -0.1) is 0 Å². The van der Waals surface area contributed by atoms with E-state index in [1.165, 1.54) is 10.7 Å². The highest BCUT2D eigenvalue weighted by Crippen LogP contribution is 2.39. The molecule has 80 valence electrons. The lowest BCUT2D eigenvalue weighted by Crippen LogP contribution is -2.32. The molecule has 1 aliphatic rings. The number of carbonyl (C=O) groups is 1.